The average Bonchev–Trinajstić information content (AvgIpc) is 2.41. The summed E-state index contributed by atoms with van der Waals surface area (Å²) in [5.41, 5.74) is 0. The van der Waals surface area contributed by atoms with Crippen molar-refractivity contribution in [3.05, 3.63) is 0 Å². The van der Waals surface area contributed by atoms with Crippen molar-refractivity contribution in [3.63, 3.8) is 0 Å². The molecule has 0 spiro atoms. The number of sulfone groups is 1. The van der Waals surface area contributed by atoms with E-state index in [9.17, 15) is 8.42 Å². The minimum absolute atomic E-state index is 0.0123. The van der Waals surface area contributed by atoms with E-state index < -0.39 is 9.84 Å². The van der Waals surface area contributed by atoms with Gasteiger partial charge < -0.3 is 0 Å². The molecule has 0 aromatic heterocycles. The normalized spacial score (nSPS) is 28.2. The van der Waals surface area contributed by atoms with E-state index in [0.717, 1.165) is 6.42 Å². The molecule has 1 aliphatic heterocycles. The van der Waals surface area contributed by atoms with Crippen LogP contribution in [0.2, 0.25) is 0 Å². The maximum absolute atomic E-state index is 11.1. The summed E-state index contributed by atoms with van der Waals surface area (Å²) in [7, 11) is -2.79. The predicted octanol–water partition coefficient (Wildman–Crippen LogP) is 0.175. The molecule has 74 valence electrons. The maximum atomic E-state index is 11.1. The Bertz CT molecular complexity index is 302. The van der Waals surface area contributed by atoms with E-state index in [1.165, 1.54) is 0 Å². The summed E-state index contributed by atoms with van der Waals surface area (Å²) < 4.78 is 22.2. The Hall–Kier alpha value is -0.530. The molecule has 4 heteroatoms. The lowest BCUT2D eigenvalue weighted by Gasteiger charge is -2.15. The third kappa shape index (κ3) is 3.02. The van der Waals surface area contributed by atoms with E-state index in [-0.39, 0.29) is 17.8 Å². The van der Waals surface area contributed by atoms with Gasteiger partial charge in [0.25, 0.3) is 0 Å². The Labute approximate surface area is 79.8 Å². The van der Waals surface area contributed by atoms with Crippen LogP contribution in [0.3, 0.4) is 0 Å². The second kappa shape index (κ2) is 4.12. The summed E-state index contributed by atoms with van der Waals surface area (Å²) in [4.78, 5) is 0. The van der Waals surface area contributed by atoms with Crippen LogP contribution in [0.15, 0.2) is 0 Å². The van der Waals surface area contributed by atoms with Crippen molar-refractivity contribution in [1.82, 2.24) is 5.32 Å². The lowest BCUT2D eigenvalue weighted by atomic mass is 10.2. The van der Waals surface area contributed by atoms with Gasteiger partial charge >= 0.3 is 0 Å². The lowest BCUT2D eigenvalue weighted by Crippen LogP contribution is -2.37. The van der Waals surface area contributed by atoms with Gasteiger partial charge in [0, 0.05) is 6.04 Å². The SMILES string of the molecule is C#CC(CC)NC1CCS(=O)(=O)C1. The number of terminal acetylenes is 1. The van der Waals surface area contributed by atoms with Crippen LogP contribution in [0.25, 0.3) is 0 Å². The topological polar surface area (TPSA) is 46.2 Å². The van der Waals surface area contributed by atoms with Gasteiger partial charge in [-0.15, -0.1) is 6.42 Å². The van der Waals surface area contributed by atoms with Gasteiger partial charge in [0.15, 0.2) is 9.84 Å². The van der Waals surface area contributed by atoms with Crippen molar-refractivity contribution in [1.29, 1.82) is 0 Å². The minimum Gasteiger partial charge on any atom is -0.300 e. The van der Waals surface area contributed by atoms with E-state index in [1.807, 2.05) is 6.92 Å². The second-order valence-electron chi connectivity index (χ2n) is 3.39. The van der Waals surface area contributed by atoms with Crippen molar-refractivity contribution < 1.29 is 8.42 Å². The number of nitrogens with one attached hydrogen (secondary N) is 1. The van der Waals surface area contributed by atoms with Crippen LogP contribution in [-0.2, 0) is 9.84 Å². The summed E-state index contributed by atoms with van der Waals surface area (Å²) in [6.07, 6.45) is 6.80. The van der Waals surface area contributed by atoms with E-state index in [1.54, 1.807) is 0 Å². The molecule has 2 atom stereocenters. The van der Waals surface area contributed by atoms with Crippen LogP contribution in [0, 0.1) is 12.3 Å². The van der Waals surface area contributed by atoms with Crippen LogP contribution in [-0.4, -0.2) is 32.0 Å². The van der Waals surface area contributed by atoms with Crippen LogP contribution in [0.5, 0.6) is 0 Å². The molecular weight excluding hydrogens is 186 g/mol. The molecule has 3 nitrogen and oxygen atoms in total. The van der Waals surface area contributed by atoms with Gasteiger partial charge in [0.2, 0.25) is 0 Å². The lowest BCUT2D eigenvalue weighted by molar-refractivity contribution is 0.501. The molecule has 0 aromatic rings. The second-order valence-corrected chi connectivity index (χ2v) is 5.62. The van der Waals surface area contributed by atoms with Crippen molar-refractivity contribution >= 4 is 9.84 Å². The smallest absolute Gasteiger partial charge is 0.151 e. The zero-order valence-electron chi connectivity index (χ0n) is 7.79. The Morgan fingerprint density at radius 2 is 2.38 bits per heavy atom. The van der Waals surface area contributed by atoms with Crippen molar-refractivity contribution in [3.8, 4) is 12.3 Å². The van der Waals surface area contributed by atoms with Gasteiger partial charge in [-0.2, -0.15) is 0 Å². The minimum atomic E-state index is -2.79. The Morgan fingerprint density at radius 1 is 1.69 bits per heavy atom. The first kappa shape index (κ1) is 10.6. The quantitative estimate of drug-likeness (QED) is 0.662. The molecule has 1 N–H and O–H groups in total. The van der Waals surface area contributed by atoms with Gasteiger partial charge in [-0.05, 0) is 12.8 Å². The van der Waals surface area contributed by atoms with Gasteiger partial charge in [0.05, 0.1) is 17.5 Å². The van der Waals surface area contributed by atoms with Crippen molar-refractivity contribution in [2.24, 2.45) is 0 Å². The standard InChI is InChI=1S/C9H15NO2S/c1-3-8(4-2)10-9-5-6-13(11,12)7-9/h1,8-10H,4-7H2,2H3. The fraction of sp³-hybridized carbons (Fsp3) is 0.778. The fourth-order valence-electron chi connectivity index (χ4n) is 1.49. The molecule has 1 heterocycles. The van der Waals surface area contributed by atoms with Crippen LogP contribution in [0.1, 0.15) is 19.8 Å². The Kier molecular flexibility index (Phi) is 3.34. The molecule has 0 aromatic carbocycles. The summed E-state index contributed by atoms with van der Waals surface area (Å²) >= 11 is 0. The summed E-state index contributed by atoms with van der Waals surface area (Å²) in [6.45, 7) is 1.99. The van der Waals surface area contributed by atoms with Gasteiger partial charge in [-0.25, -0.2) is 8.42 Å². The van der Waals surface area contributed by atoms with E-state index in [2.05, 4.69) is 11.2 Å². The largest absolute Gasteiger partial charge is 0.300 e. The third-order valence-electron chi connectivity index (χ3n) is 2.28. The Balaban J connectivity index is 2.45. The fourth-order valence-corrected chi connectivity index (χ4v) is 3.18. The predicted molar refractivity (Wildman–Crippen MR) is 53.1 cm³/mol. The van der Waals surface area contributed by atoms with Gasteiger partial charge in [0.1, 0.15) is 0 Å². The number of hydrogen-bond acceptors (Lipinski definition) is 3. The highest BCUT2D eigenvalue weighted by molar-refractivity contribution is 7.91. The summed E-state index contributed by atoms with van der Waals surface area (Å²) in [5, 5.41) is 3.16. The first-order valence-corrected chi connectivity index (χ1v) is 6.32. The molecule has 0 saturated carbocycles. The molecule has 0 radical (unpaired) electrons. The van der Waals surface area contributed by atoms with E-state index in [0.29, 0.717) is 12.2 Å². The van der Waals surface area contributed by atoms with Gasteiger partial charge in [-0.1, -0.05) is 12.8 Å². The highest BCUT2D eigenvalue weighted by atomic mass is 32.2. The molecule has 1 saturated heterocycles. The zero-order chi connectivity index (χ0) is 9.90. The van der Waals surface area contributed by atoms with Crippen LogP contribution in [0.4, 0.5) is 0 Å². The monoisotopic (exact) mass is 201 g/mol. The molecule has 2 unspecified atom stereocenters. The first-order chi connectivity index (χ1) is 6.07. The van der Waals surface area contributed by atoms with E-state index in [4.69, 9.17) is 6.42 Å². The summed E-state index contributed by atoms with van der Waals surface area (Å²) in [5.74, 6) is 3.14. The molecule has 0 aliphatic carbocycles. The van der Waals surface area contributed by atoms with Crippen LogP contribution < -0.4 is 5.32 Å². The third-order valence-corrected chi connectivity index (χ3v) is 4.05. The van der Waals surface area contributed by atoms with E-state index >= 15 is 0 Å². The molecule has 0 amide bonds. The van der Waals surface area contributed by atoms with Crippen LogP contribution >= 0.6 is 0 Å². The molecule has 0 bridgehead atoms. The summed E-state index contributed by atoms with van der Waals surface area (Å²) in [6, 6.07) is 0.0734. The molecular formula is C9H15NO2S. The number of hydrogen-bond donors (Lipinski definition) is 1. The maximum Gasteiger partial charge on any atom is 0.151 e. The highest BCUT2D eigenvalue weighted by Crippen LogP contribution is 2.12. The molecule has 13 heavy (non-hydrogen) atoms. The first-order valence-electron chi connectivity index (χ1n) is 4.50. The zero-order valence-corrected chi connectivity index (χ0v) is 8.60. The molecule has 1 aliphatic rings. The highest BCUT2D eigenvalue weighted by Gasteiger charge is 2.28. The number of rotatable bonds is 3. The van der Waals surface area contributed by atoms with Gasteiger partial charge in [-0.3, -0.25) is 5.32 Å². The van der Waals surface area contributed by atoms with Crippen molar-refractivity contribution in [2.75, 3.05) is 11.5 Å². The molecule has 1 rings (SSSR count). The Morgan fingerprint density at radius 3 is 2.77 bits per heavy atom. The molecule has 1 fully saturated rings. The average molecular weight is 201 g/mol. The van der Waals surface area contributed by atoms with Crippen molar-refractivity contribution in [2.45, 2.75) is 31.8 Å².